The van der Waals surface area contributed by atoms with E-state index in [1.807, 2.05) is 55.6 Å². The Morgan fingerprint density at radius 2 is 1.93 bits per heavy atom. The number of nitrogens with zero attached hydrogens (tertiary/aromatic N) is 6. The lowest BCUT2D eigenvalue weighted by molar-refractivity contribution is 0.0955. The van der Waals surface area contributed by atoms with Gasteiger partial charge in [-0.05, 0) is 48.5 Å². The largest absolute Gasteiger partial charge is 0.348 e. The summed E-state index contributed by atoms with van der Waals surface area (Å²) in [6.07, 6.45) is 9.95. The molecule has 0 radical (unpaired) electrons. The highest BCUT2D eigenvalue weighted by Crippen LogP contribution is 2.19. The zero-order chi connectivity index (χ0) is 27.9. The maximum Gasteiger partial charge on any atom is 0.266 e. The van der Waals surface area contributed by atoms with Crippen LogP contribution in [0, 0.1) is 0 Å². The Kier molecular flexibility index (Phi) is 8.02. The number of fused-ring (bicyclic) bond motifs is 1. The molecule has 0 spiro atoms. The fourth-order valence-corrected chi connectivity index (χ4v) is 4.14. The van der Waals surface area contributed by atoms with Crippen molar-refractivity contribution >= 4 is 34.5 Å². The third kappa shape index (κ3) is 6.45. The molecule has 0 atom stereocenters. The molecular formula is C29H29N9O2. The van der Waals surface area contributed by atoms with Crippen LogP contribution in [-0.2, 0) is 20.1 Å². The van der Waals surface area contributed by atoms with E-state index in [0.717, 1.165) is 28.7 Å². The number of aromatic nitrogens is 6. The molecule has 0 aliphatic carbocycles. The number of anilines is 2. The van der Waals surface area contributed by atoms with Crippen molar-refractivity contribution in [3.8, 4) is 0 Å². The highest BCUT2D eigenvalue weighted by atomic mass is 16.2. The smallest absolute Gasteiger partial charge is 0.266 e. The predicted octanol–water partition coefficient (Wildman–Crippen LogP) is 2.87. The van der Waals surface area contributed by atoms with E-state index in [9.17, 15) is 9.59 Å². The molecule has 40 heavy (non-hydrogen) atoms. The van der Waals surface area contributed by atoms with E-state index in [2.05, 4.69) is 48.1 Å². The van der Waals surface area contributed by atoms with E-state index >= 15 is 0 Å². The molecule has 5 aromatic rings. The van der Waals surface area contributed by atoms with Gasteiger partial charge in [-0.15, -0.1) is 0 Å². The maximum atomic E-state index is 12.8. The molecule has 5 rings (SSSR count). The van der Waals surface area contributed by atoms with Crippen molar-refractivity contribution in [1.82, 2.24) is 39.9 Å². The van der Waals surface area contributed by atoms with Crippen molar-refractivity contribution in [2.45, 2.75) is 13.1 Å². The number of carbonyl (C=O) groups is 1. The van der Waals surface area contributed by atoms with Gasteiger partial charge in [0, 0.05) is 49.8 Å². The fourth-order valence-electron chi connectivity index (χ4n) is 4.14. The lowest BCUT2D eigenvalue weighted by Crippen LogP contribution is -2.33. The predicted molar refractivity (Wildman–Crippen MR) is 154 cm³/mol. The minimum atomic E-state index is -0.485. The van der Waals surface area contributed by atoms with Crippen LogP contribution in [0.3, 0.4) is 0 Å². The van der Waals surface area contributed by atoms with Crippen molar-refractivity contribution in [2.75, 3.05) is 18.9 Å². The third-order valence-corrected chi connectivity index (χ3v) is 6.13. The zero-order valence-electron chi connectivity index (χ0n) is 22.2. The minimum absolute atomic E-state index is 0.0204. The molecule has 0 aliphatic rings. The van der Waals surface area contributed by atoms with Crippen LogP contribution in [0.4, 0.5) is 11.6 Å². The van der Waals surface area contributed by atoms with Crippen LogP contribution in [0.15, 0.2) is 84.3 Å². The second-order valence-corrected chi connectivity index (χ2v) is 9.20. The first-order valence-electron chi connectivity index (χ1n) is 12.7. The van der Waals surface area contributed by atoms with E-state index in [1.54, 1.807) is 24.1 Å². The Labute approximate surface area is 230 Å². The lowest BCUT2D eigenvalue weighted by Gasteiger charge is -2.07. The van der Waals surface area contributed by atoms with Gasteiger partial charge in [-0.25, -0.2) is 15.0 Å². The number of amides is 1. The second kappa shape index (κ2) is 12.1. The summed E-state index contributed by atoms with van der Waals surface area (Å²) in [4.78, 5) is 38.5. The van der Waals surface area contributed by atoms with Gasteiger partial charge in [0.2, 0.25) is 5.95 Å². The van der Waals surface area contributed by atoms with Crippen molar-refractivity contribution in [1.29, 1.82) is 0 Å². The fraction of sp³-hybridized carbons (Fsp3) is 0.172. The summed E-state index contributed by atoms with van der Waals surface area (Å²) in [5, 5.41) is 14.3. The highest BCUT2D eigenvalue weighted by molar-refractivity contribution is 5.93. The number of hydrogen-bond acceptors (Lipinski definition) is 8. The first-order chi connectivity index (χ1) is 19.5. The van der Waals surface area contributed by atoms with Crippen molar-refractivity contribution in [2.24, 2.45) is 7.05 Å². The van der Waals surface area contributed by atoms with Gasteiger partial charge in [0.1, 0.15) is 5.56 Å². The summed E-state index contributed by atoms with van der Waals surface area (Å²) < 4.78 is 3.02. The van der Waals surface area contributed by atoms with Crippen molar-refractivity contribution in [3.05, 3.63) is 112 Å². The van der Waals surface area contributed by atoms with Crippen LogP contribution >= 0.6 is 0 Å². The van der Waals surface area contributed by atoms with Crippen LogP contribution in [0.1, 0.15) is 27.2 Å². The molecule has 3 heterocycles. The van der Waals surface area contributed by atoms with Gasteiger partial charge >= 0.3 is 0 Å². The second-order valence-electron chi connectivity index (χ2n) is 9.20. The molecule has 11 heteroatoms. The van der Waals surface area contributed by atoms with Crippen LogP contribution in [-0.4, -0.2) is 48.8 Å². The average Bonchev–Trinajstić information content (AvgIpc) is 3.37. The van der Waals surface area contributed by atoms with Gasteiger partial charge in [0.15, 0.2) is 0 Å². The molecule has 202 valence electrons. The number of benzene rings is 2. The molecule has 11 nitrogen and oxygen atoms in total. The molecule has 0 saturated carbocycles. The molecule has 2 aromatic carbocycles. The van der Waals surface area contributed by atoms with Crippen LogP contribution < -0.4 is 21.5 Å². The Bertz CT molecular complexity index is 1720. The topological polar surface area (TPSA) is 132 Å². The standard InChI is InChI=1S/C29H29N9O2/c1-30-15-21-5-8-23(9-6-21)34-29-33-16-22-14-20(7-10-26(22)35-29)4-3-12-32-27(39)25-17-31-19-38(28(25)40)18-24-11-13-37(2)36-24/h3-11,13-14,16-17,19,30H,12,15,18H2,1-2H3,(H,32,39)(H,33,34,35)/b4-3+. The Morgan fingerprint density at radius 3 is 2.70 bits per heavy atom. The van der Waals surface area contributed by atoms with Gasteiger partial charge in [-0.1, -0.05) is 30.4 Å². The molecule has 0 bridgehead atoms. The lowest BCUT2D eigenvalue weighted by atomic mass is 10.1. The van der Waals surface area contributed by atoms with E-state index in [4.69, 9.17) is 0 Å². The SMILES string of the molecule is CNCc1ccc(Nc2ncc3cc(/C=C/CNC(=O)c4cncn(Cc5ccn(C)n5)c4=O)ccc3n2)cc1. The monoisotopic (exact) mass is 535 g/mol. The number of rotatable bonds is 10. The summed E-state index contributed by atoms with van der Waals surface area (Å²) in [7, 11) is 3.72. The van der Waals surface area contributed by atoms with Crippen LogP contribution in [0.2, 0.25) is 0 Å². The molecule has 0 saturated heterocycles. The number of nitrogens with one attached hydrogen (secondary N) is 3. The minimum Gasteiger partial charge on any atom is -0.348 e. The molecule has 0 unspecified atom stereocenters. The van der Waals surface area contributed by atoms with Gasteiger partial charge in [0.05, 0.1) is 24.1 Å². The third-order valence-electron chi connectivity index (χ3n) is 6.13. The van der Waals surface area contributed by atoms with E-state index in [1.165, 1.54) is 22.7 Å². The first-order valence-corrected chi connectivity index (χ1v) is 12.7. The first kappa shape index (κ1) is 26.4. The summed E-state index contributed by atoms with van der Waals surface area (Å²) in [5.74, 6) is 0.0375. The van der Waals surface area contributed by atoms with Crippen LogP contribution in [0.5, 0.6) is 0 Å². The zero-order valence-corrected chi connectivity index (χ0v) is 22.2. The van der Waals surface area contributed by atoms with Gasteiger partial charge < -0.3 is 16.0 Å². The normalized spacial score (nSPS) is 11.2. The summed E-state index contributed by atoms with van der Waals surface area (Å²) in [5.41, 5.74) is 4.13. The average molecular weight is 536 g/mol. The van der Waals surface area contributed by atoms with E-state index < -0.39 is 11.5 Å². The number of carbonyl (C=O) groups excluding carboxylic acids is 1. The quantitative estimate of drug-likeness (QED) is 0.249. The number of hydrogen-bond donors (Lipinski definition) is 3. The molecule has 1 amide bonds. The van der Waals surface area contributed by atoms with Crippen LogP contribution in [0.25, 0.3) is 17.0 Å². The molecular weight excluding hydrogens is 506 g/mol. The molecule has 0 aliphatic heterocycles. The van der Waals surface area contributed by atoms with Crippen molar-refractivity contribution < 1.29 is 4.79 Å². The maximum absolute atomic E-state index is 12.8. The molecule has 3 aromatic heterocycles. The van der Waals surface area contributed by atoms with Gasteiger partial charge in [-0.3, -0.25) is 18.8 Å². The Morgan fingerprint density at radius 1 is 1.07 bits per heavy atom. The Balaban J connectivity index is 1.18. The van der Waals surface area contributed by atoms with Crippen molar-refractivity contribution in [3.63, 3.8) is 0 Å². The summed E-state index contributed by atoms with van der Waals surface area (Å²) >= 11 is 0. The molecule has 3 N–H and O–H groups in total. The Hall–Kier alpha value is -5.16. The van der Waals surface area contributed by atoms with E-state index in [-0.39, 0.29) is 18.7 Å². The highest BCUT2D eigenvalue weighted by Gasteiger charge is 2.13. The number of aryl methyl sites for hydroxylation is 1. The van der Waals surface area contributed by atoms with E-state index in [0.29, 0.717) is 11.6 Å². The molecule has 0 fully saturated rings. The summed E-state index contributed by atoms with van der Waals surface area (Å²) in [6.45, 7) is 1.30. The van der Waals surface area contributed by atoms with Gasteiger partial charge in [0.25, 0.3) is 11.5 Å². The summed E-state index contributed by atoms with van der Waals surface area (Å²) in [6, 6.07) is 15.8. The van der Waals surface area contributed by atoms with Gasteiger partial charge in [-0.2, -0.15) is 5.10 Å².